The fourth-order valence-corrected chi connectivity index (χ4v) is 1.83. The molecule has 21 heavy (non-hydrogen) atoms. The lowest BCUT2D eigenvalue weighted by atomic mass is 10.3. The fraction of sp³-hybridized carbons (Fsp3) is 0.235. The van der Waals surface area contributed by atoms with E-state index in [1.54, 1.807) is 0 Å². The molecule has 0 aliphatic carbocycles. The molecule has 4 heteroatoms. The fourth-order valence-electron chi connectivity index (χ4n) is 1.83. The molecule has 110 valence electrons. The Morgan fingerprint density at radius 3 is 2.29 bits per heavy atom. The van der Waals surface area contributed by atoms with E-state index in [0.29, 0.717) is 0 Å². The van der Waals surface area contributed by atoms with Gasteiger partial charge in [-0.15, -0.1) is 0 Å². The van der Waals surface area contributed by atoms with Crippen LogP contribution in [0.15, 0.2) is 54.6 Å². The van der Waals surface area contributed by atoms with E-state index in [-0.39, 0.29) is 18.6 Å². The van der Waals surface area contributed by atoms with Crippen molar-refractivity contribution in [3.8, 4) is 5.75 Å². The van der Waals surface area contributed by atoms with Crippen molar-refractivity contribution in [3.05, 3.63) is 54.6 Å². The minimum absolute atomic E-state index is 0.0867. The molecule has 0 fully saturated rings. The van der Waals surface area contributed by atoms with Gasteiger partial charge in [-0.3, -0.25) is 4.79 Å². The van der Waals surface area contributed by atoms with Crippen molar-refractivity contribution in [1.29, 1.82) is 0 Å². The number of carbonyl (C=O) groups excluding carboxylic acids is 1. The number of ether oxygens (including phenoxy) is 1. The van der Waals surface area contributed by atoms with Crippen molar-refractivity contribution in [1.82, 2.24) is 0 Å². The predicted octanol–water partition coefficient (Wildman–Crippen LogP) is 3.52. The molecule has 4 nitrogen and oxygen atoms in total. The zero-order chi connectivity index (χ0) is 15.1. The van der Waals surface area contributed by atoms with Gasteiger partial charge in [0.25, 0.3) is 0 Å². The zero-order valence-electron chi connectivity index (χ0n) is 12.3. The third kappa shape index (κ3) is 5.18. The molecule has 0 atom stereocenters. The molecular formula is C17H20N2O2. The standard InChI is InChI=1S/C17H20N2O2/c1-13(2)21-16-10-8-15(9-11-16)19-17(20)12-18-14-6-4-3-5-7-14/h3-11,13,18H,12H2,1-2H3,(H,19,20). The van der Waals surface area contributed by atoms with Gasteiger partial charge in [0.2, 0.25) is 5.91 Å². The second kappa shape index (κ2) is 7.33. The molecule has 0 saturated heterocycles. The summed E-state index contributed by atoms with van der Waals surface area (Å²) in [6.07, 6.45) is 0.139. The Balaban J connectivity index is 1.82. The monoisotopic (exact) mass is 284 g/mol. The molecule has 0 saturated carbocycles. The van der Waals surface area contributed by atoms with E-state index in [2.05, 4.69) is 10.6 Å². The number of hydrogen-bond donors (Lipinski definition) is 2. The van der Waals surface area contributed by atoms with E-state index in [9.17, 15) is 4.79 Å². The molecule has 0 aliphatic rings. The summed E-state index contributed by atoms with van der Waals surface area (Å²) in [5.41, 5.74) is 1.68. The second-order valence-electron chi connectivity index (χ2n) is 4.96. The molecule has 0 unspecified atom stereocenters. The summed E-state index contributed by atoms with van der Waals surface area (Å²) in [7, 11) is 0. The smallest absolute Gasteiger partial charge is 0.243 e. The average molecular weight is 284 g/mol. The summed E-state index contributed by atoms with van der Waals surface area (Å²) >= 11 is 0. The lowest BCUT2D eigenvalue weighted by Crippen LogP contribution is -2.21. The lowest BCUT2D eigenvalue weighted by molar-refractivity contribution is -0.114. The number of nitrogens with one attached hydrogen (secondary N) is 2. The van der Waals surface area contributed by atoms with E-state index in [4.69, 9.17) is 4.74 Å². The van der Waals surface area contributed by atoms with Crippen LogP contribution in [0.5, 0.6) is 5.75 Å². The molecule has 0 radical (unpaired) electrons. The van der Waals surface area contributed by atoms with Crippen molar-refractivity contribution >= 4 is 17.3 Å². The predicted molar refractivity (Wildman–Crippen MR) is 85.8 cm³/mol. The largest absolute Gasteiger partial charge is 0.491 e. The van der Waals surface area contributed by atoms with E-state index in [1.165, 1.54) is 0 Å². The Hall–Kier alpha value is -2.49. The highest BCUT2D eigenvalue weighted by molar-refractivity contribution is 5.93. The van der Waals surface area contributed by atoms with Crippen LogP contribution in [-0.2, 0) is 4.79 Å². The number of hydrogen-bond acceptors (Lipinski definition) is 3. The number of amides is 1. The Labute approximate surface area is 125 Å². The summed E-state index contributed by atoms with van der Waals surface area (Å²) < 4.78 is 5.55. The van der Waals surface area contributed by atoms with Crippen LogP contribution in [0.3, 0.4) is 0 Å². The van der Waals surface area contributed by atoms with Gasteiger partial charge in [0, 0.05) is 11.4 Å². The van der Waals surface area contributed by atoms with Crippen molar-refractivity contribution < 1.29 is 9.53 Å². The molecular weight excluding hydrogens is 264 g/mol. The maximum absolute atomic E-state index is 11.8. The van der Waals surface area contributed by atoms with Crippen molar-refractivity contribution in [2.24, 2.45) is 0 Å². The summed E-state index contributed by atoms with van der Waals surface area (Å²) in [5.74, 6) is 0.710. The SMILES string of the molecule is CC(C)Oc1ccc(NC(=O)CNc2ccccc2)cc1. The van der Waals surface area contributed by atoms with Gasteiger partial charge in [-0.25, -0.2) is 0 Å². The molecule has 1 amide bonds. The molecule has 0 bridgehead atoms. The zero-order valence-corrected chi connectivity index (χ0v) is 12.3. The van der Waals surface area contributed by atoms with E-state index < -0.39 is 0 Å². The molecule has 0 spiro atoms. The van der Waals surface area contributed by atoms with Crippen molar-refractivity contribution in [3.63, 3.8) is 0 Å². The van der Waals surface area contributed by atoms with Gasteiger partial charge in [0.05, 0.1) is 12.6 Å². The van der Waals surface area contributed by atoms with Gasteiger partial charge in [0.1, 0.15) is 5.75 Å². The number of anilines is 2. The molecule has 2 aromatic carbocycles. The third-order valence-electron chi connectivity index (χ3n) is 2.74. The maximum atomic E-state index is 11.8. The molecule has 0 aliphatic heterocycles. The van der Waals surface area contributed by atoms with Crippen LogP contribution in [0.2, 0.25) is 0 Å². The Bertz CT molecular complexity index is 565. The number of carbonyl (C=O) groups is 1. The summed E-state index contributed by atoms with van der Waals surface area (Å²) in [6.45, 7) is 4.18. The summed E-state index contributed by atoms with van der Waals surface area (Å²) in [5, 5.41) is 5.90. The first-order chi connectivity index (χ1) is 10.1. The van der Waals surface area contributed by atoms with Crippen LogP contribution < -0.4 is 15.4 Å². The second-order valence-corrected chi connectivity index (χ2v) is 4.96. The summed E-state index contributed by atoms with van der Waals surface area (Å²) in [4.78, 5) is 11.8. The first kappa shape index (κ1) is 14.9. The molecule has 0 aromatic heterocycles. The van der Waals surface area contributed by atoms with Crippen LogP contribution >= 0.6 is 0 Å². The number of benzene rings is 2. The van der Waals surface area contributed by atoms with Gasteiger partial charge < -0.3 is 15.4 Å². The lowest BCUT2D eigenvalue weighted by Gasteiger charge is -2.11. The number of para-hydroxylation sites is 1. The topological polar surface area (TPSA) is 50.4 Å². The van der Waals surface area contributed by atoms with Gasteiger partial charge in [-0.1, -0.05) is 18.2 Å². The van der Waals surface area contributed by atoms with Crippen LogP contribution in [-0.4, -0.2) is 18.6 Å². The quantitative estimate of drug-likeness (QED) is 0.853. The average Bonchev–Trinajstić information content (AvgIpc) is 2.48. The summed E-state index contributed by atoms with van der Waals surface area (Å²) in [6, 6.07) is 17.0. The van der Waals surface area contributed by atoms with Crippen molar-refractivity contribution in [2.75, 3.05) is 17.2 Å². The Morgan fingerprint density at radius 1 is 1.00 bits per heavy atom. The molecule has 2 N–H and O–H groups in total. The number of rotatable bonds is 6. The maximum Gasteiger partial charge on any atom is 0.243 e. The van der Waals surface area contributed by atoms with Crippen molar-refractivity contribution in [2.45, 2.75) is 20.0 Å². The Morgan fingerprint density at radius 2 is 1.67 bits per heavy atom. The molecule has 2 rings (SSSR count). The van der Waals surface area contributed by atoms with Gasteiger partial charge in [0.15, 0.2) is 0 Å². The van der Waals surface area contributed by atoms with Gasteiger partial charge in [-0.05, 0) is 50.2 Å². The normalized spacial score (nSPS) is 10.2. The van der Waals surface area contributed by atoms with E-state index in [1.807, 2.05) is 68.4 Å². The minimum atomic E-state index is -0.0867. The van der Waals surface area contributed by atoms with Crippen LogP contribution in [0, 0.1) is 0 Å². The van der Waals surface area contributed by atoms with Gasteiger partial charge >= 0.3 is 0 Å². The van der Waals surface area contributed by atoms with Crippen LogP contribution in [0.25, 0.3) is 0 Å². The van der Waals surface area contributed by atoms with E-state index in [0.717, 1.165) is 17.1 Å². The van der Waals surface area contributed by atoms with Crippen LogP contribution in [0.1, 0.15) is 13.8 Å². The highest BCUT2D eigenvalue weighted by atomic mass is 16.5. The third-order valence-corrected chi connectivity index (χ3v) is 2.74. The highest BCUT2D eigenvalue weighted by Gasteiger charge is 2.03. The first-order valence-electron chi connectivity index (χ1n) is 6.99. The highest BCUT2D eigenvalue weighted by Crippen LogP contribution is 2.16. The van der Waals surface area contributed by atoms with E-state index >= 15 is 0 Å². The van der Waals surface area contributed by atoms with Crippen LogP contribution in [0.4, 0.5) is 11.4 Å². The van der Waals surface area contributed by atoms with Gasteiger partial charge in [-0.2, -0.15) is 0 Å². The molecule has 2 aromatic rings. The minimum Gasteiger partial charge on any atom is -0.491 e. The first-order valence-corrected chi connectivity index (χ1v) is 6.99. The Kier molecular flexibility index (Phi) is 5.21. The molecule has 0 heterocycles.